The van der Waals surface area contributed by atoms with E-state index in [0.29, 0.717) is 12.8 Å². The lowest BCUT2D eigenvalue weighted by molar-refractivity contribution is -0.130. The molecule has 0 saturated heterocycles. The zero-order valence-electron chi connectivity index (χ0n) is 5.26. The first-order chi connectivity index (χ1) is 4.68. The lowest BCUT2D eigenvalue weighted by Crippen LogP contribution is -2.21. The molecule has 3 nitrogen and oxygen atoms in total. The van der Waals surface area contributed by atoms with Crippen molar-refractivity contribution in [2.45, 2.75) is 12.8 Å². The SMILES string of the molecule is O=C(O)C#CC1CC(=O)C1. The number of carboxylic acids is 1. The van der Waals surface area contributed by atoms with Crippen LogP contribution in [0.15, 0.2) is 0 Å². The summed E-state index contributed by atoms with van der Waals surface area (Å²) in [7, 11) is 0. The van der Waals surface area contributed by atoms with Crippen molar-refractivity contribution in [2.75, 3.05) is 0 Å². The highest BCUT2D eigenvalue weighted by atomic mass is 16.4. The molecule has 0 radical (unpaired) electrons. The summed E-state index contributed by atoms with van der Waals surface area (Å²) in [4.78, 5) is 20.2. The molecule has 1 aliphatic rings. The van der Waals surface area contributed by atoms with Crippen LogP contribution in [-0.2, 0) is 9.59 Å². The fourth-order valence-electron chi connectivity index (χ4n) is 0.756. The van der Waals surface area contributed by atoms with E-state index in [0.717, 1.165) is 0 Å². The largest absolute Gasteiger partial charge is 0.472 e. The topological polar surface area (TPSA) is 54.4 Å². The molecule has 1 saturated carbocycles. The number of carbonyl (C=O) groups is 2. The van der Waals surface area contributed by atoms with Crippen molar-refractivity contribution in [1.29, 1.82) is 0 Å². The molecule has 0 aromatic rings. The molecule has 0 aromatic carbocycles. The number of rotatable bonds is 0. The molecule has 0 heterocycles. The first-order valence-electron chi connectivity index (χ1n) is 2.94. The Morgan fingerprint density at radius 3 is 2.60 bits per heavy atom. The molecule has 1 N–H and O–H groups in total. The molecule has 0 aromatic heterocycles. The van der Waals surface area contributed by atoms with Gasteiger partial charge in [-0.3, -0.25) is 4.79 Å². The van der Waals surface area contributed by atoms with E-state index in [9.17, 15) is 9.59 Å². The van der Waals surface area contributed by atoms with Crippen molar-refractivity contribution < 1.29 is 14.7 Å². The molecule has 1 fully saturated rings. The molecule has 3 heteroatoms. The minimum absolute atomic E-state index is 0.00333. The molecule has 0 atom stereocenters. The van der Waals surface area contributed by atoms with Crippen LogP contribution in [0.4, 0.5) is 0 Å². The molecular formula is C7H6O3. The molecule has 0 spiro atoms. The second-order valence-corrected chi connectivity index (χ2v) is 2.22. The zero-order chi connectivity index (χ0) is 7.56. The van der Waals surface area contributed by atoms with Crippen LogP contribution < -0.4 is 0 Å². The third kappa shape index (κ3) is 1.59. The van der Waals surface area contributed by atoms with Gasteiger partial charge in [0.1, 0.15) is 5.78 Å². The van der Waals surface area contributed by atoms with Gasteiger partial charge in [0, 0.05) is 24.7 Å². The first kappa shape index (κ1) is 6.81. The Morgan fingerprint density at radius 1 is 1.60 bits per heavy atom. The molecule has 1 aliphatic carbocycles. The summed E-state index contributed by atoms with van der Waals surface area (Å²) in [5, 5.41) is 8.09. The molecule has 0 bridgehead atoms. The lowest BCUT2D eigenvalue weighted by atomic mass is 9.85. The average Bonchev–Trinajstić information content (AvgIpc) is 1.77. The molecule has 1 rings (SSSR count). The molecule has 10 heavy (non-hydrogen) atoms. The van der Waals surface area contributed by atoms with Gasteiger partial charge in [-0.1, -0.05) is 5.92 Å². The van der Waals surface area contributed by atoms with Crippen molar-refractivity contribution in [1.82, 2.24) is 0 Å². The highest BCUT2D eigenvalue weighted by Crippen LogP contribution is 2.20. The van der Waals surface area contributed by atoms with E-state index in [1.807, 2.05) is 5.92 Å². The van der Waals surface area contributed by atoms with Gasteiger partial charge in [0.25, 0.3) is 0 Å². The van der Waals surface area contributed by atoms with Gasteiger partial charge in [0.2, 0.25) is 0 Å². The standard InChI is InChI=1S/C7H6O3/c8-6-3-5(4-6)1-2-7(9)10/h5H,3-4H2,(H,9,10). The Bertz CT molecular complexity index is 223. The van der Waals surface area contributed by atoms with Crippen LogP contribution in [0, 0.1) is 17.8 Å². The number of aliphatic carboxylic acids is 1. The molecule has 0 unspecified atom stereocenters. The van der Waals surface area contributed by atoms with Gasteiger partial charge < -0.3 is 5.11 Å². The summed E-state index contributed by atoms with van der Waals surface area (Å²) in [6.07, 6.45) is 0.862. The summed E-state index contributed by atoms with van der Waals surface area (Å²) in [5.74, 6) is 3.51. The van der Waals surface area contributed by atoms with Gasteiger partial charge >= 0.3 is 5.97 Å². The van der Waals surface area contributed by atoms with Crippen molar-refractivity contribution >= 4 is 11.8 Å². The first-order valence-corrected chi connectivity index (χ1v) is 2.94. The highest BCUT2D eigenvalue weighted by molar-refractivity contribution is 5.89. The minimum Gasteiger partial charge on any atom is -0.472 e. The molecular weight excluding hydrogens is 132 g/mol. The van der Waals surface area contributed by atoms with E-state index >= 15 is 0 Å². The van der Waals surface area contributed by atoms with E-state index in [-0.39, 0.29) is 11.7 Å². The highest BCUT2D eigenvalue weighted by Gasteiger charge is 2.24. The third-order valence-electron chi connectivity index (χ3n) is 1.33. The summed E-state index contributed by atoms with van der Waals surface area (Å²) < 4.78 is 0. The normalized spacial score (nSPS) is 17.0. The Morgan fingerprint density at radius 2 is 2.20 bits per heavy atom. The van der Waals surface area contributed by atoms with E-state index in [1.165, 1.54) is 0 Å². The number of carbonyl (C=O) groups excluding carboxylic acids is 1. The van der Waals surface area contributed by atoms with Gasteiger partial charge in [-0.15, -0.1) is 0 Å². The predicted molar refractivity (Wildman–Crippen MR) is 33.1 cm³/mol. The quantitative estimate of drug-likeness (QED) is 0.481. The van der Waals surface area contributed by atoms with Crippen molar-refractivity contribution in [3.63, 3.8) is 0 Å². The maximum absolute atomic E-state index is 10.3. The summed E-state index contributed by atoms with van der Waals surface area (Å²) in [6.45, 7) is 0. The Labute approximate surface area is 58.0 Å². The average molecular weight is 138 g/mol. The van der Waals surface area contributed by atoms with Crippen LogP contribution in [-0.4, -0.2) is 16.9 Å². The van der Waals surface area contributed by atoms with Crippen molar-refractivity contribution in [3.05, 3.63) is 0 Å². The summed E-state index contributed by atoms with van der Waals surface area (Å²) in [6, 6.07) is 0. The van der Waals surface area contributed by atoms with Crippen LogP contribution in [0.3, 0.4) is 0 Å². The fraction of sp³-hybridized carbons (Fsp3) is 0.429. The lowest BCUT2D eigenvalue weighted by Gasteiger charge is -2.16. The van der Waals surface area contributed by atoms with E-state index in [4.69, 9.17) is 5.11 Å². The monoisotopic (exact) mass is 138 g/mol. The van der Waals surface area contributed by atoms with E-state index in [2.05, 4.69) is 5.92 Å². The smallest absolute Gasteiger partial charge is 0.381 e. The van der Waals surface area contributed by atoms with Crippen LogP contribution in [0.5, 0.6) is 0 Å². The van der Waals surface area contributed by atoms with Gasteiger partial charge in [0.05, 0.1) is 0 Å². The Balaban J connectivity index is 2.36. The second kappa shape index (κ2) is 2.53. The zero-order valence-corrected chi connectivity index (χ0v) is 5.26. The second-order valence-electron chi connectivity index (χ2n) is 2.22. The molecule has 0 amide bonds. The fourth-order valence-corrected chi connectivity index (χ4v) is 0.756. The van der Waals surface area contributed by atoms with Crippen LogP contribution in [0.1, 0.15) is 12.8 Å². The van der Waals surface area contributed by atoms with Crippen molar-refractivity contribution in [2.24, 2.45) is 5.92 Å². The predicted octanol–water partition coefficient (Wildman–Crippen LogP) is 0.0535. The van der Waals surface area contributed by atoms with Crippen LogP contribution in [0.2, 0.25) is 0 Å². The van der Waals surface area contributed by atoms with Gasteiger partial charge in [0.15, 0.2) is 0 Å². The van der Waals surface area contributed by atoms with Gasteiger partial charge in [-0.25, -0.2) is 4.79 Å². The maximum Gasteiger partial charge on any atom is 0.381 e. The number of carboxylic acid groups (broad SMARTS) is 1. The summed E-state index contributed by atoms with van der Waals surface area (Å²) in [5.41, 5.74) is 0. The molecule has 52 valence electrons. The van der Waals surface area contributed by atoms with Crippen LogP contribution >= 0.6 is 0 Å². The van der Waals surface area contributed by atoms with Gasteiger partial charge in [-0.05, 0) is 0 Å². The maximum atomic E-state index is 10.3. The number of ketones is 1. The van der Waals surface area contributed by atoms with E-state index in [1.54, 1.807) is 0 Å². The van der Waals surface area contributed by atoms with Crippen LogP contribution in [0.25, 0.3) is 0 Å². The van der Waals surface area contributed by atoms with Gasteiger partial charge in [-0.2, -0.15) is 0 Å². The Kier molecular flexibility index (Phi) is 1.72. The van der Waals surface area contributed by atoms with Crippen molar-refractivity contribution in [3.8, 4) is 11.8 Å². The van der Waals surface area contributed by atoms with E-state index < -0.39 is 5.97 Å². The number of Topliss-reactive ketones (excluding diaryl/α,β-unsaturated/α-hetero) is 1. The Hall–Kier alpha value is -1.30. The molecule has 0 aliphatic heterocycles. The minimum atomic E-state index is -1.13. The third-order valence-corrected chi connectivity index (χ3v) is 1.33. The number of hydrogen-bond donors (Lipinski definition) is 1. The summed E-state index contributed by atoms with van der Waals surface area (Å²) >= 11 is 0. The number of hydrogen-bond acceptors (Lipinski definition) is 2.